The van der Waals surface area contributed by atoms with Gasteiger partial charge in [0.15, 0.2) is 5.43 Å². The van der Waals surface area contributed by atoms with Crippen molar-refractivity contribution in [1.29, 1.82) is 0 Å². The zero-order valence-corrected chi connectivity index (χ0v) is 15.3. The van der Waals surface area contributed by atoms with Gasteiger partial charge in [-0.3, -0.25) is 9.63 Å². The van der Waals surface area contributed by atoms with E-state index in [1.807, 2.05) is 19.9 Å². The maximum absolute atomic E-state index is 11.6. The molecule has 3 N–H and O–H groups in total. The quantitative estimate of drug-likeness (QED) is 0.808. The number of hydrogen-bond donors (Lipinski definition) is 2. The van der Waals surface area contributed by atoms with E-state index in [0.717, 1.165) is 22.0 Å². The van der Waals surface area contributed by atoms with Crippen LogP contribution in [-0.4, -0.2) is 4.98 Å². The van der Waals surface area contributed by atoms with Gasteiger partial charge < -0.3 is 4.98 Å². The molecule has 5 heteroatoms. The highest BCUT2D eigenvalue weighted by atomic mass is 35.5. The summed E-state index contributed by atoms with van der Waals surface area (Å²) in [6.45, 7) is 5.65. The molecule has 4 nitrogen and oxygen atoms in total. The van der Waals surface area contributed by atoms with Gasteiger partial charge in [-0.25, -0.2) is 5.90 Å². The second-order valence-electron chi connectivity index (χ2n) is 6.24. The van der Waals surface area contributed by atoms with Crippen LogP contribution >= 0.6 is 11.6 Å². The first-order valence-electron chi connectivity index (χ1n) is 8.22. The van der Waals surface area contributed by atoms with Gasteiger partial charge in [-0.15, -0.1) is 0 Å². The molecule has 1 aliphatic rings. The van der Waals surface area contributed by atoms with Gasteiger partial charge in [0.1, 0.15) is 0 Å². The summed E-state index contributed by atoms with van der Waals surface area (Å²) >= 11 is 5.88. The first-order valence-corrected chi connectivity index (χ1v) is 8.59. The van der Waals surface area contributed by atoms with Crippen LogP contribution in [0.25, 0.3) is 0 Å². The Labute approximate surface area is 147 Å². The van der Waals surface area contributed by atoms with Crippen LogP contribution in [0.2, 0.25) is 5.02 Å². The number of halogens is 1. The predicted octanol–water partition coefficient (Wildman–Crippen LogP) is 3.91. The normalized spacial score (nSPS) is 13.0. The Bertz CT molecular complexity index is 769. The van der Waals surface area contributed by atoms with Crippen molar-refractivity contribution in [2.24, 2.45) is 5.90 Å². The van der Waals surface area contributed by atoms with Gasteiger partial charge in [0.25, 0.3) is 0 Å². The minimum atomic E-state index is 0.0131. The number of fused-ring (bicyclic) bond motifs is 1. The van der Waals surface area contributed by atoms with Crippen LogP contribution in [-0.2, 0) is 24.3 Å². The topological polar surface area (TPSA) is 68.1 Å². The number of rotatable bonds is 2. The van der Waals surface area contributed by atoms with Gasteiger partial charge in [0.2, 0.25) is 0 Å². The molecule has 3 rings (SSSR count). The fraction of sp³-hybridized carbons (Fsp3) is 0.421. The summed E-state index contributed by atoms with van der Waals surface area (Å²) < 4.78 is 0. The summed E-state index contributed by atoms with van der Waals surface area (Å²) in [7, 11) is 0. The van der Waals surface area contributed by atoms with Crippen molar-refractivity contribution in [3.63, 3.8) is 0 Å². The highest BCUT2D eigenvalue weighted by molar-refractivity contribution is 6.30. The van der Waals surface area contributed by atoms with E-state index in [1.54, 1.807) is 6.92 Å². The summed E-state index contributed by atoms with van der Waals surface area (Å²) in [6.07, 6.45) is 5.13. The largest absolute Gasteiger partial charge is 0.362 e. The van der Waals surface area contributed by atoms with Crippen LogP contribution in [0, 0.1) is 20.8 Å². The number of pyridine rings is 1. The monoisotopic (exact) mass is 348 g/mol. The summed E-state index contributed by atoms with van der Waals surface area (Å²) in [6, 6.07) is 6.26. The number of aromatic nitrogens is 1. The molecule has 0 saturated heterocycles. The van der Waals surface area contributed by atoms with Crippen LogP contribution < -0.4 is 11.3 Å². The number of nitrogens with one attached hydrogen (secondary N) is 1. The van der Waals surface area contributed by atoms with Crippen LogP contribution in [0.4, 0.5) is 0 Å². The minimum absolute atomic E-state index is 0.0131. The molecule has 0 amide bonds. The molecule has 0 aliphatic heterocycles. The zero-order chi connectivity index (χ0) is 17.7. The molecule has 2 aromatic rings. The number of benzene rings is 1. The fourth-order valence-electron chi connectivity index (χ4n) is 2.98. The number of H-pyrrole nitrogens is 1. The van der Waals surface area contributed by atoms with E-state index >= 15 is 0 Å². The van der Waals surface area contributed by atoms with Crippen molar-refractivity contribution in [3.05, 3.63) is 67.1 Å². The molecule has 130 valence electrons. The van der Waals surface area contributed by atoms with Gasteiger partial charge >= 0.3 is 0 Å². The van der Waals surface area contributed by atoms with E-state index in [-0.39, 0.29) is 12.0 Å². The third-order valence-electron chi connectivity index (χ3n) is 4.54. The van der Waals surface area contributed by atoms with E-state index in [2.05, 4.69) is 22.0 Å². The molecule has 24 heavy (non-hydrogen) atoms. The Morgan fingerprint density at radius 3 is 2.46 bits per heavy atom. The van der Waals surface area contributed by atoms with Gasteiger partial charge in [-0.05, 0) is 69.7 Å². The van der Waals surface area contributed by atoms with E-state index < -0.39 is 0 Å². The molecule has 0 spiro atoms. The lowest BCUT2D eigenvalue weighted by Crippen LogP contribution is -2.19. The molecular formula is C19H25ClN2O2. The lowest BCUT2D eigenvalue weighted by molar-refractivity contribution is 0.122. The maximum atomic E-state index is 11.6. The van der Waals surface area contributed by atoms with Gasteiger partial charge in [0.05, 0.1) is 6.61 Å². The third kappa shape index (κ3) is 4.47. The number of aryl methyl sites for hydroxylation is 4. The lowest BCUT2D eigenvalue weighted by atomic mass is 9.92. The van der Waals surface area contributed by atoms with Crippen LogP contribution in [0.15, 0.2) is 23.0 Å². The summed E-state index contributed by atoms with van der Waals surface area (Å²) in [5.74, 6) is 4.93. The molecule has 1 aliphatic carbocycles. The molecule has 0 unspecified atom stereocenters. The average molecular weight is 349 g/mol. The van der Waals surface area contributed by atoms with Crippen molar-refractivity contribution in [3.8, 4) is 0 Å². The van der Waals surface area contributed by atoms with Crippen molar-refractivity contribution >= 4 is 11.6 Å². The Kier molecular flexibility index (Phi) is 6.60. The number of hydrogen-bond acceptors (Lipinski definition) is 3. The Hall–Kier alpha value is -1.62. The minimum Gasteiger partial charge on any atom is -0.362 e. The summed E-state index contributed by atoms with van der Waals surface area (Å²) in [4.78, 5) is 19.2. The predicted molar refractivity (Wildman–Crippen MR) is 98.3 cm³/mol. The molecule has 1 heterocycles. The highest BCUT2D eigenvalue weighted by Crippen LogP contribution is 2.23. The molecule has 0 saturated carbocycles. The Morgan fingerprint density at radius 2 is 1.79 bits per heavy atom. The molecule has 1 aromatic carbocycles. The fourth-order valence-corrected chi connectivity index (χ4v) is 3.17. The van der Waals surface area contributed by atoms with E-state index in [1.165, 1.54) is 36.8 Å². The molecular weight excluding hydrogens is 324 g/mol. The molecule has 1 aromatic heterocycles. The lowest BCUT2D eigenvalue weighted by Gasteiger charge is -2.14. The average Bonchev–Trinajstić information content (AvgIpc) is 2.57. The molecule has 0 fully saturated rings. The first-order chi connectivity index (χ1) is 11.4. The van der Waals surface area contributed by atoms with E-state index in [9.17, 15) is 4.79 Å². The van der Waals surface area contributed by atoms with Gasteiger partial charge in [0, 0.05) is 27.5 Å². The summed E-state index contributed by atoms with van der Waals surface area (Å²) in [5.41, 5.74) is 6.01. The smallest absolute Gasteiger partial charge is 0.190 e. The van der Waals surface area contributed by atoms with Crippen LogP contribution in [0.3, 0.4) is 0 Å². The Balaban J connectivity index is 0.000000175. The van der Waals surface area contributed by atoms with Crippen molar-refractivity contribution in [2.75, 3.05) is 0 Å². The van der Waals surface area contributed by atoms with Crippen LogP contribution in [0.1, 0.15) is 46.5 Å². The van der Waals surface area contributed by atoms with Crippen molar-refractivity contribution in [2.45, 2.75) is 53.1 Å². The zero-order valence-electron chi connectivity index (χ0n) is 14.5. The van der Waals surface area contributed by atoms with Crippen LogP contribution in [0.5, 0.6) is 0 Å². The number of aromatic amines is 1. The van der Waals surface area contributed by atoms with Gasteiger partial charge in [-0.2, -0.15) is 0 Å². The summed E-state index contributed by atoms with van der Waals surface area (Å²) in [5, 5.41) is 0.880. The van der Waals surface area contributed by atoms with Crippen molar-refractivity contribution < 1.29 is 4.84 Å². The standard InChI is InChI=1S/C10H11Cl.C9H14N2O2/c11-10-6-5-8-3-1-2-4-9(8)7-10;1-5-6(2)11-7(3)8(4-13-10)9(5)12/h5-7H,1-4H2;4,10H2,1-3H3,(H,11,12). The highest BCUT2D eigenvalue weighted by Gasteiger charge is 2.09. The number of nitrogens with two attached hydrogens (primary N) is 1. The maximum Gasteiger partial charge on any atom is 0.190 e. The molecule has 0 bridgehead atoms. The van der Waals surface area contributed by atoms with E-state index in [0.29, 0.717) is 5.56 Å². The van der Waals surface area contributed by atoms with Crippen molar-refractivity contribution in [1.82, 2.24) is 4.98 Å². The SMILES string of the molecule is Cc1[nH]c(C)c(CON)c(=O)c1C.Clc1ccc2c(c1)CCCC2. The first kappa shape index (κ1) is 18.7. The molecule has 0 atom stereocenters. The Morgan fingerprint density at radius 1 is 1.12 bits per heavy atom. The second kappa shape index (κ2) is 8.47. The van der Waals surface area contributed by atoms with E-state index in [4.69, 9.17) is 17.5 Å². The third-order valence-corrected chi connectivity index (χ3v) is 4.78. The second-order valence-corrected chi connectivity index (χ2v) is 6.68. The molecule has 0 radical (unpaired) electrons. The van der Waals surface area contributed by atoms with Gasteiger partial charge in [-0.1, -0.05) is 17.7 Å².